The van der Waals surface area contributed by atoms with Crippen LogP contribution in [0, 0.1) is 5.41 Å². The van der Waals surface area contributed by atoms with E-state index in [0.717, 1.165) is 0 Å². The van der Waals surface area contributed by atoms with Crippen molar-refractivity contribution in [2.45, 2.75) is 44.2 Å². The monoisotopic (exact) mass is 155 g/mol. The molecule has 2 saturated carbocycles. The fourth-order valence-corrected chi connectivity index (χ4v) is 2.36. The zero-order chi connectivity index (χ0) is 7.90. The molecule has 11 heavy (non-hydrogen) atoms. The Bertz CT molecular complexity index is 150. The summed E-state index contributed by atoms with van der Waals surface area (Å²) in [7, 11) is 1.81. The molecule has 64 valence electrons. The van der Waals surface area contributed by atoms with E-state index < -0.39 is 0 Å². The van der Waals surface area contributed by atoms with Gasteiger partial charge in [0.25, 0.3) is 0 Å². The summed E-state index contributed by atoms with van der Waals surface area (Å²) >= 11 is 0. The normalized spacial score (nSPS) is 49.6. The highest BCUT2D eigenvalue weighted by molar-refractivity contribution is 5.07. The molecule has 0 aromatic carbocycles. The molecule has 0 amide bonds. The van der Waals surface area contributed by atoms with E-state index in [1.54, 1.807) is 0 Å². The number of ether oxygens (including phenoxy) is 1. The molecular formula is C9H17NO. The van der Waals surface area contributed by atoms with E-state index in [9.17, 15) is 0 Å². The Morgan fingerprint density at radius 2 is 1.91 bits per heavy atom. The summed E-state index contributed by atoms with van der Waals surface area (Å²) < 4.78 is 5.31. The summed E-state index contributed by atoms with van der Waals surface area (Å²) in [5.74, 6) is 0. The second kappa shape index (κ2) is 2.46. The molecule has 2 aliphatic rings. The van der Waals surface area contributed by atoms with Gasteiger partial charge in [0, 0.05) is 13.2 Å². The molecule has 1 atom stereocenters. The van der Waals surface area contributed by atoms with Crippen molar-refractivity contribution in [1.29, 1.82) is 0 Å². The van der Waals surface area contributed by atoms with E-state index in [4.69, 9.17) is 10.5 Å². The van der Waals surface area contributed by atoms with Gasteiger partial charge in [-0.2, -0.15) is 0 Å². The molecule has 2 rings (SSSR count). The van der Waals surface area contributed by atoms with E-state index >= 15 is 0 Å². The van der Waals surface area contributed by atoms with Crippen molar-refractivity contribution in [1.82, 2.24) is 0 Å². The van der Waals surface area contributed by atoms with Gasteiger partial charge in [0.2, 0.25) is 0 Å². The lowest BCUT2D eigenvalue weighted by Gasteiger charge is -2.27. The Labute approximate surface area is 68.1 Å². The van der Waals surface area contributed by atoms with Crippen LogP contribution in [0.5, 0.6) is 0 Å². The highest BCUT2D eigenvalue weighted by Gasteiger charge is 2.52. The van der Waals surface area contributed by atoms with Gasteiger partial charge >= 0.3 is 0 Å². The maximum Gasteiger partial charge on any atom is 0.0571 e. The highest BCUT2D eigenvalue weighted by Crippen LogP contribution is 2.55. The van der Waals surface area contributed by atoms with Crippen LogP contribution in [0.25, 0.3) is 0 Å². The summed E-state index contributed by atoms with van der Waals surface area (Å²) in [5.41, 5.74) is 6.44. The topological polar surface area (TPSA) is 35.2 Å². The van der Waals surface area contributed by atoms with Crippen LogP contribution in [0.15, 0.2) is 0 Å². The third kappa shape index (κ3) is 1.18. The quantitative estimate of drug-likeness (QED) is 0.619. The standard InChI is InChI=1S/C9H17NO/c1-11-7-2-4-9(5-3-7)6-8(9)10/h7-8H,2-6,10H2,1H3. The van der Waals surface area contributed by atoms with Gasteiger partial charge in [-0.3, -0.25) is 0 Å². The number of hydrogen-bond acceptors (Lipinski definition) is 2. The molecule has 0 radical (unpaired) electrons. The molecule has 0 aromatic rings. The molecule has 0 aliphatic heterocycles. The predicted molar refractivity (Wildman–Crippen MR) is 44.3 cm³/mol. The average Bonchev–Trinajstić information content (AvgIpc) is 2.64. The molecule has 0 heterocycles. The first-order valence-electron chi connectivity index (χ1n) is 4.55. The Balaban J connectivity index is 1.86. The van der Waals surface area contributed by atoms with Gasteiger partial charge in [-0.05, 0) is 37.5 Å². The van der Waals surface area contributed by atoms with Gasteiger partial charge in [0.15, 0.2) is 0 Å². The van der Waals surface area contributed by atoms with Crippen molar-refractivity contribution in [3.05, 3.63) is 0 Å². The molecule has 2 heteroatoms. The fraction of sp³-hybridized carbons (Fsp3) is 1.00. The van der Waals surface area contributed by atoms with E-state index in [1.165, 1.54) is 32.1 Å². The number of hydrogen-bond donors (Lipinski definition) is 1. The summed E-state index contributed by atoms with van der Waals surface area (Å²) in [6.07, 6.45) is 6.84. The lowest BCUT2D eigenvalue weighted by molar-refractivity contribution is 0.0513. The summed E-state index contributed by atoms with van der Waals surface area (Å²) in [4.78, 5) is 0. The minimum atomic E-state index is 0.514. The van der Waals surface area contributed by atoms with Gasteiger partial charge in [0.1, 0.15) is 0 Å². The minimum Gasteiger partial charge on any atom is -0.381 e. The molecule has 1 spiro atoms. The summed E-state index contributed by atoms with van der Waals surface area (Å²) in [5, 5.41) is 0. The second-order valence-corrected chi connectivity index (χ2v) is 4.11. The Morgan fingerprint density at radius 3 is 2.27 bits per heavy atom. The molecule has 2 N–H and O–H groups in total. The second-order valence-electron chi connectivity index (χ2n) is 4.11. The maximum absolute atomic E-state index is 5.88. The molecule has 1 unspecified atom stereocenters. The van der Waals surface area contributed by atoms with Crippen LogP contribution < -0.4 is 5.73 Å². The van der Waals surface area contributed by atoms with E-state index in [0.29, 0.717) is 17.6 Å². The fourth-order valence-electron chi connectivity index (χ4n) is 2.36. The SMILES string of the molecule is COC1CCC2(CC1)CC2N. The molecule has 0 aromatic heterocycles. The van der Waals surface area contributed by atoms with Gasteiger partial charge in [0.05, 0.1) is 6.10 Å². The van der Waals surface area contributed by atoms with E-state index in [2.05, 4.69) is 0 Å². The maximum atomic E-state index is 5.88. The van der Waals surface area contributed by atoms with Gasteiger partial charge in [-0.25, -0.2) is 0 Å². The van der Waals surface area contributed by atoms with Crippen molar-refractivity contribution in [3.63, 3.8) is 0 Å². The average molecular weight is 155 g/mol. The van der Waals surface area contributed by atoms with Gasteiger partial charge in [-0.1, -0.05) is 0 Å². The molecule has 0 bridgehead atoms. The molecule has 2 nitrogen and oxygen atoms in total. The van der Waals surface area contributed by atoms with Crippen molar-refractivity contribution in [3.8, 4) is 0 Å². The lowest BCUT2D eigenvalue weighted by Crippen LogP contribution is -2.25. The first-order valence-corrected chi connectivity index (χ1v) is 4.55. The Hall–Kier alpha value is -0.0800. The molecule has 0 saturated heterocycles. The molecule has 2 fully saturated rings. The number of nitrogens with two attached hydrogens (primary N) is 1. The third-order valence-electron chi connectivity index (χ3n) is 3.51. The Morgan fingerprint density at radius 1 is 1.36 bits per heavy atom. The number of rotatable bonds is 1. The first kappa shape index (κ1) is 7.56. The largest absolute Gasteiger partial charge is 0.381 e. The van der Waals surface area contributed by atoms with Crippen LogP contribution in [0.2, 0.25) is 0 Å². The van der Waals surface area contributed by atoms with Crippen LogP contribution in [0.3, 0.4) is 0 Å². The van der Waals surface area contributed by atoms with Gasteiger partial charge in [-0.15, -0.1) is 0 Å². The van der Waals surface area contributed by atoms with Crippen molar-refractivity contribution < 1.29 is 4.74 Å². The lowest BCUT2D eigenvalue weighted by atomic mass is 9.84. The molecule has 2 aliphatic carbocycles. The van der Waals surface area contributed by atoms with Crippen molar-refractivity contribution in [2.75, 3.05) is 7.11 Å². The predicted octanol–water partition coefficient (Wildman–Crippen LogP) is 1.29. The minimum absolute atomic E-state index is 0.514. The first-order chi connectivity index (χ1) is 5.27. The highest BCUT2D eigenvalue weighted by atomic mass is 16.5. The number of methoxy groups -OCH3 is 1. The van der Waals surface area contributed by atoms with E-state index in [1.807, 2.05) is 7.11 Å². The third-order valence-corrected chi connectivity index (χ3v) is 3.51. The molecular weight excluding hydrogens is 138 g/mol. The van der Waals surface area contributed by atoms with Gasteiger partial charge < -0.3 is 10.5 Å². The zero-order valence-corrected chi connectivity index (χ0v) is 7.18. The Kier molecular flexibility index (Phi) is 1.69. The van der Waals surface area contributed by atoms with Crippen LogP contribution in [-0.4, -0.2) is 19.3 Å². The zero-order valence-electron chi connectivity index (χ0n) is 7.18. The summed E-state index contributed by atoms with van der Waals surface area (Å²) in [6, 6.07) is 0.514. The van der Waals surface area contributed by atoms with E-state index in [-0.39, 0.29) is 0 Å². The van der Waals surface area contributed by atoms with Crippen molar-refractivity contribution in [2.24, 2.45) is 11.1 Å². The smallest absolute Gasteiger partial charge is 0.0571 e. The van der Waals surface area contributed by atoms with Crippen molar-refractivity contribution >= 4 is 0 Å². The van der Waals surface area contributed by atoms with Crippen LogP contribution in [0.1, 0.15) is 32.1 Å². The summed E-state index contributed by atoms with van der Waals surface area (Å²) in [6.45, 7) is 0. The van der Waals surface area contributed by atoms with Crippen LogP contribution >= 0.6 is 0 Å². The van der Waals surface area contributed by atoms with Crippen LogP contribution in [0.4, 0.5) is 0 Å². The van der Waals surface area contributed by atoms with Crippen LogP contribution in [-0.2, 0) is 4.74 Å².